The molecule has 4 heterocycles. The van der Waals surface area contributed by atoms with Crippen molar-refractivity contribution in [3.63, 3.8) is 0 Å². The van der Waals surface area contributed by atoms with E-state index in [9.17, 15) is 0 Å². The Bertz CT molecular complexity index is 373. The Labute approximate surface area is 143 Å². The largest absolute Gasteiger partial charge is 0.371 e. The maximum absolute atomic E-state index is 5.48. The molecule has 0 amide bonds. The van der Waals surface area contributed by atoms with Crippen molar-refractivity contribution in [3.8, 4) is 0 Å². The van der Waals surface area contributed by atoms with Gasteiger partial charge < -0.3 is 29.6 Å². The molecule has 0 aromatic rings. The van der Waals surface area contributed by atoms with Crippen LogP contribution in [0.4, 0.5) is 0 Å². The molecule has 136 valence electrons. The highest BCUT2D eigenvalue weighted by Gasteiger charge is 2.45. The number of epoxide rings is 4. The molecule has 6 unspecified atom stereocenters. The second-order valence-electron chi connectivity index (χ2n) is 8.25. The fourth-order valence-electron chi connectivity index (χ4n) is 4.43. The van der Waals surface area contributed by atoms with Crippen molar-refractivity contribution in [3.05, 3.63) is 0 Å². The van der Waals surface area contributed by atoms with E-state index in [0.29, 0.717) is 36.5 Å². The summed E-state index contributed by atoms with van der Waals surface area (Å²) >= 11 is 0. The zero-order valence-corrected chi connectivity index (χ0v) is 14.3. The molecule has 5 rings (SSSR count). The molecule has 1 aliphatic carbocycles. The van der Waals surface area contributed by atoms with E-state index in [4.69, 9.17) is 18.9 Å². The van der Waals surface area contributed by atoms with Crippen LogP contribution in [0.3, 0.4) is 0 Å². The van der Waals surface area contributed by atoms with Gasteiger partial charge in [-0.1, -0.05) is 6.42 Å². The number of ether oxygens (including phenoxy) is 4. The third-order valence-electron chi connectivity index (χ3n) is 6.21. The van der Waals surface area contributed by atoms with Gasteiger partial charge in [0.25, 0.3) is 0 Å². The number of hydrogen-bond acceptors (Lipinski definition) is 6. The summed E-state index contributed by atoms with van der Waals surface area (Å²) in [6.45, 7) is 5.85. The van der Waals surface area contributed by atoms with Gasteiger partial charge >= 0.3 is 0 Å². The second kappa shape index (κ2) is 6.82. The van der Waals surface area contributed by atoms with Crippen LogP contribution in [0.1, 0.15) is 25.7 Å². The molecule has 0 bridgehead atoms. The minimum absolute atomic E-state index is 0.399. The summed E-state index contributed by atoms with van der Waals surface area (Å²) in [5, 5.41) is 7.49. The molecule has 0 radical (unpaired) electrons. The number of rotatable bonds is 10. The van der Waals surface area contributed by atoms with Crippen LogP contribution >= 0.6 is 0 Å². The van der Waals surface area contributed by atoms with Crippen LogP contribution in [0, 0.1) is 11.8 Å². The summed E-state index contributed by atoms with van der Waals surface area (Å²) in [4.78, 5) is 0. The highest BCUT2D eigenvalue weighted by Crippen LogP contribution is 2.31. The summed E-state index contributed by atoms with van der Waals surface area (Å²) in [7, 11) is 0. The Balaban J connectivity index is 1.06. The minimum Gasteiger partial charge on any atom is -0.371 e. The van der Waals surface area contributed by atoms with E-state index in [1.807, 2.05) is 0 Å². The normalized spacial score (nSPS) is 45.5. The molecule has 6 nitrogen and oxygen atoms in total. The fourth-order valence-corrected chi connectivity index (χ4v) is 4.43. The SMILES string of the molecule is C1CC(CNC(C2CO2)C2CO2)CC(CNC(C2CO2)C2CO2)C1. The lowest BCUT2D eigenvalue weighted by Crippen LogP contribution is -2.44. The van der Waals surface area contributed by atoms with Gasteiger partial charge in [-0.2, -0.15) is 0 Å². The molecule has 2 N–H and O–H groups in total. The Morgan fingerprint density at radius 2 is 1.04 bits per heavy atom. The van der Waals surface area contributed by atoms with Crippen molar-refractivity contribution < 1.29 is 18.9 Å². The van der Waals surface area contributed by atoms with E-state index in [-0.39, 0.29) is 0 Å². The third-order valence-corrected chi connectivity index (χ3v) is 6.21. The molecule has 4 saturated heterocycles. The molecule has 6 heteroatoms. The Morgan fingerprint density at radius 3 is 1.38 bits per heavy atom. The van der Waals surface area contributed by atoms with Crippen molar-refractivity contribution in [2.24, 2.45) is 11.8 Å². The quantitative estimate of drug-likeness (QED) is 0.558. The summed E-state index contributed by atoms with van der Waals surface area (Å²) in [6, 6.07) is 0.846. The zero-order valence-electron chi connectivity index (χ0n) is 14.3. The van der Waals surface area contributed by atoms with Gasteiger partial charge in [0.2, 0.25) is 0 Å². The van der Waals surface area contributed by atoms with Crippen molar-refractivity contribution in [1.82, 2.24) is 10.6 Å². The van der Waals surface area contributed by atoms with Crippen LogP contribution in [-0.4, -0.2) is 76.0 Å². The Hall–Kier alpha value is -0.240. The van der Waals surface area contributed by atoms with Crippen molar-refractivity contribution in [2.75, 3.05) is 39.5 Å². The van der Waals surface area contributed by atoms with Crippen LogP contribution < -0.4 is 10.6 Å². The second-order valence-corrected chi connectivity index (χ2v) is 8.25. The van der Waals surface area contributed by atoms with Gasteiger partial charge in [-0.15, -0.1) is 0 Å². The minimum atomic E-state index is 0.399. The molecular weight excluding hydrogens is 308 g/mol. The highest BCUT2D eigenvalue weighted by atomic mass is 16.6. The molecule has 0 spiro atoms. The predicted molar refractivity (Wildman–Crippen MR) is 88.0 cm³/mol. The zero-order chi connectivity index (χ0) is 15.9. The van der Waals surface area contributed by atoms with E-state index in [1.165, 1.54) is 25.7 Å². The van der Waals surface area contributed by atoms with Crippen molar-refractivity contribution in [2.45, 2.75) is 62.2 Å². The van der Waals surface area contributed by atoms with E-state index in [1.54, 1.807) is 0 Å². The first kappa shape index (κ1) is 16.0. The molecule has 5 aliphatic rings. The lowest BCUT2D eigenvalue weighted by molar-refractivity contribution is 0.212. The molecule has 24 heavy (non-hydrogen) atoms. The lowest BCUT2D eigenvalue weighted by Gasteiger charge is -2.31. The van der Waals surface area contributed by atoms with Gasteiger partial charge in [0.05, 0.1) is 62.9 Å². The predicted octanol–water partition coefficient (Wildman–Crippen LogP) is 0.304. The smallest absolute Gasteiger partial charge is 0.0988 e. The molecule has 6 atom stereocenters. The fraction of sp³-hybridized carbons (Fsp3) is 1.00. The standard InChI is InChI=1S/C18H30N2O4/c1-2-11(5-19-17(13-7-21-13)14-8-22-14)4-12(3-1)6-20-18(15-9-23-15)16-10-24-16/h11-20H,1-10H2. The van der Waals surface area contributed by atoms with Crippen LogP contribution in [0.2, 0.25) is 0 Å². The maximum Gasteiger partial charge on any atom is 0.0988 e. The summed E-state index contributed by atoms with van der Waals surface area (Å²) in [5.74, 6) is 1.58. The van der Waals surface area contributed by atoms with Crippen LogP contribution in [0.5, 0.6) is 0 Å². The number of nitrogens with one attached hydrogen (secondary N) is 2. The van der Waals surface area contributed by atoms with E-state index in [0.717, 1.165) is 51.4 Å². The van der Waals surface area contributed by atoms with Gasteiger partial charge in [-0.25, -0.2) is 0 Å². The first-order chi connectivity index (χ1) is 11.9. The first-order valence-electron chi connectivity index (χ1n) is 9.80. The highest BCUT2D eigenvalue weighted by molar-refractivity contribution is 4.97. The molecular formula is C18H30N2O4. The Kier molecular flexibility index (Phi) is 4.54. The molecule has 5 fully saturated rings. The third kappa shape index (κ3) is 4.11. The monoisotopic (exact) mass is 338 g/mol. The van der Waals surface area contributed by atoms with Gasteiger partial charge in [-0.05, 0) is 44.2 Å². The van der Waals surface area contributed by atoms with Gasteiger partial charge in [-0.3, -0.25) is 0 Å². The van der Waals surface area contributed by atoms with E-state index >= 15 is 0 Å². The molecule has 0 aromatic carbocycles. The van der Waals surface area contributed by atoms with Gasteiger partial charge in [0.15, 0.2) is 0 Å². The summed E-state index contributed by atoms with van der Waals surface area (Å²) in [5.41, 5.74) is 0. The summed E-state index contributed by atoms with van der Waals surface area (Å²) < 4.78 is 21.9. The first-order valence-corrected chi connectivity index (χ1v) is 9.80. The average Bonchev–Trinajstić information content (AvgIpc) is 3.46. The maximum atomic E-state index is 5.48. The molecule has 4 aliphatic heterocycles. The lowest BCUT2D eigenvalue weighted by atomic mass is 9.81. The summed E-state index contributed by atoms with van der Waals surface area (Å²) in [6.07, 6.45) is 6.99. The van der Waals surface area contributed by atoms with Gasteiger partial charge in [0, 0.05) is 0 Å². The molecule has 0 aromatic heterocycles. The van der Waals surface area contributed by atoms with Gasteiger partial charge in [0.1, 0.15) is 0 Å². The van der Waals surface area contributed by atoms with E-state index < -0.39 is 0 Å². The average molecular weight is 338 g/mol. The van der Waals surface area contributed by atoms with Crippen molar-refractivity contribution in [1.29, 1.82) is 0 Å². The van der Waals surface area contributed by atoms with Crippen LogP contribution in [-0.2, 0) is 18.9 Å². The topological polar surface area (TPSA) is 74.2 Å². The van der Waals surface area contributed by atoms with Crippen molar-refractivity contribution >= 4 is 0 Å². The Morgan fingerprint density at radius 1 is 0.667 bits per heavy atom. The van der Waals surface area contributed by atoms with E-state index in [2.05, 4.69) is 10.6 Å². The van der Waals surface area contributed by atoms with Crippen LogP contribution in [0.15, 0.2) is 0 Å². The number of hydrogen-bond donors (Lipinski definition) is 2. The van der Waals surface area contributed by atoms with Crippen LogP contribution in [0.25, 0.3) is 0 Å². The molecule has 1 saturated carbocycles.